The van der Waals surface area contributed by atoms with Crippen molar-refractivity contribution in [3.05, 3.63) is 53.1 Å². The molecule has 90 valence electrons. The van der Waals surface area contributed by atoms with Crippen molar-refractivity contribution >= 4 is 17.3 Å². The van der Waals surface area contributed by atoms with E-state index in [-0.39, 0.29) is 5.82 Å². The topological polar surface area (TPSA) is 17.0 Å². The molecule has 0 bridgehead atoms. The molecule has 0 aliphatic heterocycles. The molecule has 1 N–H and O–H groups in total. The largest absolute Gasteiger partial charge is 0.381 e. The lowest BCUT2D eigenvalue weighted by molar-refractivity contribution is 0.628. The third-order valence-electron chi connectivity index (χ3n) is 2.54. The van der Waals surface area contributed by atoms with Crippen molar-refractivity contribution in [3.8, 4) is 0 Å². The van der Waals surface area contributed by atoms with Gasteiger partial charge in [0.25, 0.3) is 0 Å². The van der Waals surface area contributed by atoms with E-state index in [0.29, 0.717) is 17.3 Å². The van der Waals surface area contributed by atoms with E-state index >= 15 is 0 Å². The summed E-state index contributed by atoms with van der Waals surface area (Å²) in [6, 6.07) is 6.47. The van der Waals surface area contributed by atoms with Gasteiger partial charge in [0.15, 0.2) is 0 Å². The van der Waals surface area contributed by atoms with Gasteiger partial charge in [0.2, 0.25) is 0 Å². The standard InChI is InChI=1S/C13H14ClFN2/c1-2-17-4-3-10(9-17)8-16-13-6-11(14)5-12(15)7-13/h3-7,9,16H,2,8H2,1H3. The van der Waals surface area contributed by atoms with Gasteiger partial charge in [-0.2, -0.15) is 0 Å². The molecule has 0 saturated heterocycles. The van der Waals surface area contributed by atoms with Crippen LogP contribution < -0.4 is 5.32 Å². The van der Waals surface area contributed by atoms with Crippen LogP contribution in [0.5, 0.6) is 0 Å². The summed E-state index contributed by atoms with van der Waals surface area (Å²) in [4.78, 5) is 0. The first-order chi connectivity index (χ1) is 8.17. The van der Waals surface area contributed by atoms with Crippen molar-refractivity contribution in [2.45, 2.75) is 20.0 Å². The van der Waals surface area contributed by atoms with Gasteiger partial charge in [-0.15, -0.1) is 0 Å². The Balaban J connectivity index is 2.01. The van der Waals surface area contributed by atoms with E-state index in [9.17, 15) is 4.39 Å². The predicted octanol–water partition coefficient (Wildman–Crippen LogP) is 3.91. The quantitative estimate of drug-likeness (QED) is 0.873. The molecular weight excluding hydrogens is 239 g/mol. The Morgan fingerprint density at radius 2 is 2.18 bits per heavy atom. The highest BCUT2D eigenvalue weighted by Gasteiger charge is 2.00. The number of nitrogens with zero attached hydrogens (tertiary/aromatic N) is 1. The van der Waals surface area contributed by atoms with E-state index in [0.717, 1.165) is 12.1 Å². The number of benzene rings is 1. The molecule has 2 rings (SSSR count). The second-order valence-electron chi connectivity index (χ2n) is 3.86. The fourth-order valence-electron chi connectivity index (χ4n) is 1.65. The summed E-state index contributed by atoms with van der Waals surface area (Å²) >= 11 is 5.77. The molecule has 0 aliphatic carbocycles. The first-order valence-electron chi connectivity index (χ1n) is 5.52. The molecule has 2 nitrogen and oxygen atoms in total. The van der Waals surface area contributed by atoms with Crippen LogP contribution in [-0.2, 0) is 13.1 Å². The molecule has 0 amide bonds. The summed E-state index contributed by atoms with van der Waals surface area (Å²) < 4.78 is 15.2. The summed E-state index contributed by atoms with van der Waals surface area (Å²) in [5, 5.41) is 3.54. The van der Waals surface area contributed by atoms with Crippen molar-refractivity contribution < 1.29 is 4.39 Å². The molecular formula is C13H14ClFN2. The minimum absolute atomic E-state index is 0.328. The van der Waals surface area contributed by atoms with E-state index in [1.165, 1.54) is 12.1 Å². The summed E-state index contributed by atoms with van der Waals surface area (Å²) in [5.41, 5.74) is 1.85. The molecule has 1 heterocycles. The van der Waals surface area contributed by atoms with E-state index in [1.807, 2.05) is 12.3 Å². The molecule has 0 spiro atoms. The highest BCUT2D eigenvalue weighted by atomic mass is 35.5. The van der Waals surface area contributed by atoms with Crippen LogP contribution in [0, 0.1) is 5.82 Å². The Labute approximate surface area is 105 Å². The Kier molecular flexibility index (Phi) is 3.69. The average molecular weight is 253 g/mol. The third-order valence-corrected chi connectivity index (χ3v) is 2.75. The van der Waals surface area contributed by atoms with Crippen LogP contribution in [0.1, 0.15) is 12.5 Å². The van der Waals surface area contributed by atoms with Crippen molar-refractivity contribution in [1.29, 1.82) is 0 Å². The second kappa shape index (κ2) is 5.23. The third kappa shape index (κ3) is 3.24. The van der Waals surface area contributed by atoms with E-state index in [2.05, 4.69) is 23.0 Å². The zero-order chi connectivity index (χ0) is 12.3. The molecule has 4 heteroatoms. The smallest absolute Gasteiger partial charge is 0.126 e. The maximum atomic E-state index is 13.1. The minimum Gasteiger partial charge on any atom is -0.381 e. The van der Waals surface area contributed by atoms with Crippen LogP contribution >= 0.6 is 11.6 Å². The van der Waals surface area contributed by atoms with E-state index in [1.54, 1.807) is 6.07 Å². The van der Waals surface area contributed by atoms with Gasteiger partial charge in [0, 0.05) is 36.2 Å². The summed E-state index contributed by atoms with van der Waals surface area (Å²) in [6.07, 6.45) is 4.09. The Morgan fingerprint density at radius 3 is 2.82 bits per heavy atom. The maximum absolute atomic E-state index is 13.1. The van der Waals surface area contributed by atoms with Gasteiger partial charge in [-0.05, 0) is 36.8 Å². The van der Waals surface area contributed by atoms with E-state index in [4.69, 9.17) is 11.6 Å². The summed E-state index contributed by atoms with van der Waals surface area (Å²) in [6.45, 7) is 3.70. The van der Waals surface area contributed by atoms with Gasteiger partial charge < -0.3 is 9.88 Å². The molecule has 0 aliphatic rings. The van der Waals surface area contributed by atoms with Crippen molar-refractivity contribution in [2.75, 3.05) is 5.32 Å². The highest BCUT2D eigenvalue weighted by molar-refractivity contribution is 6.30. The lowest BCUT2D eigenvalue weighted by Gasteiger charge is -2.05. The molecule has 0 saturated carbocycles. The number of halogens is 2. The normalized spacial score (nSPS) is 10.5. The van der Waals surface area contributed by atoms with Crippen molar-refractivity contribution in [2.24, 2.45) is 0 Å². The number of hydrogen-bond donors (Lipinski definition) is 1. The number of nitrogens with one attached hydrogen (secondary N) is 1. The van der Waals surface area contributed by atoms with E-state index < -0.39 is 0 Å². The second-order valence-corrected chi connectivity index (χ2v) is 4.30. The number of hydrogen-bond acceptors (Lipinski definition) is 1. The average Bonchev–Trinajstić information content (AvgIpc) is 2.73. The van der Waals surface area contributed by atoms with Gasteiger partial charge in [-0.25, -0.2) is 4.39 Å². The fraction of sp³-hybridized carbons (Fsp3) is 0.231. The zero-order valence-corrected chi connectivity index (χ0v) is 10.3. The zero-order valence-electron chi connectivity index (χ0n) is 9.58. The monoisotopic (exact) mass is 252 g/mol. The highest BCUT2D eigenvalue weighted by Crippen LogP contribution is 2.18. The molecule has 0 fully saturated rings. The van der Waals surface area contributed by atoms with Gasteiger partial charge in [-0.1, -0.05) is 11.6 Å². The Hall–Kier alpha value is -1.48. The first-order valence-corrected chi connectivity index (χ1v) is 5.90. The number of aromatic nitrogens is 1. The van der Waals surface area contributed by atoms with Crippen molar-refractivity contribution in [1.82, 2.24) is 4.57 Å². The number of rotatable bonds is 4. The first kappa shape index (κ1) is 12.0. The van der Waals surface area contributed by atoms with Crippen LogP contribution in [0.3, 0.4) is 0 Å². The lowest BCUT2D eigenvalue weighted by Crippen LogP contribution is -1.99. The van der Waals surface area contributed by atoms with Crippen LogP contribution in [0.2, 0.25) is 5.02 Å². The van der Waals surface area contributed by atoms with Gasteiger partial charge >= 0.3 is 0 Å². The molecule has 0 radical (unpaired) electrons. The molecule has 1 aromatic carbocycles. The Bertz CT molecular complexity index is 488. The summed E-state index contributed by atoms with van der Waals surface area (Å²) in [5.74, 6) is -0.328. The molecule has 17 heavy (non-hydrogen) atoms. The lowest BCUT2D eigenvalue weighted by atomic mass is 10.3. The minimum atomic E-state index is -0.328. The number of anilines is 1. The molecule has 0 unspecified atom stereocenters. The molecule has 0 atom stereocenters. The Morgan fingerprint density at radius 1 is 1.35 bits per heavy atom. The van der Waals surface area contributed by atoms with Gasteiger partial charge in [-0.3, -0.25) is 0 Å². The van der Waals surface area contributed by atoms with Crippen LogP contribution in [0.4, 0.5) is 10.1 Å². The predicted molar refractivity (Wildman–Crippen MR) is 68.8 cm³/mol. The maximum Gasteiger partial charge on any atom is 0.126 e. The number of aryl methyl sites for hydroxylation is 1. The van der Waals surface area contributed by atoms with Gasteiger partial charge in [0.1, 0.15) is 5.82 Å². The van der Waals surface area contributed by atoms with Crippen LogP contribution in [0.15, 0.2) is 36.7 Å². The van der Waals surface area contributed by atoms with Crippen LogP contribution in [0.25, 0.3) is 0 Å². The van der Waals surface area contributed by atoms with Crippen LogP contribution in [-0.4, -0.2) is 4.57 Å². The van der Waals surface area contributed by atoms with Gasteiger partial charge in [0.05, 0.1) is 0 Å². The van der Waals surface area contributed by atoms with Crippen molar-refractivity contribution in [3.63, 3.8) is 0 Å². The fourth-order valence-corrected chi connectivity index (χ4v) is 1.87. The molecule has 1 aromatic heterocycles. The SMILES string of the molecule is CCn1ccc(CNc2cc(F)cc(Cl)c2)c1. The summed E-state index contributed by atoms with van der Waals surface area (Å²) in [7, 11) is 0. The molecule has 2 aromatic rings.